The van der Waals surface area contributed by atoms with Gasteiger partial charge < -0.3 is 15.2 Å². The Morgan fingerprint density at radius 2 is 2.00 bits per heavy atom. The zero-order chi connectivity index (χ0) is 18.5. The first-order valence-corrected chi connectivity index (χ1v) is 9.31. The fraction of sp³-hybridized carbons (Fsp3) is 0.579. The number of rotatable bonds is 3. The molecule has 7 nitrogen and oxygen atoms in total. The van der Waals surface area contributed by atoms with E-state index in [0.717, 1.165) is 18.4 Å². The molecule has 2 fully saturated rings. The summed E-state index contributed by atoms with van der Waals surface area (Å²) in [6, 6.07) is 5.38. The Bertz CT molecular complexity index is 942. The first-order chi connectivity index (χ1) is 12.4. The quantitative estimate of drug-likeness (QED) is 0.746. The molecule has 1 aliphatic heterocycles. The van der Waals surface area contributed by atoms with E-state index in [1.54, 1.807) is 12.1 Å². The van der Waals surface area contributed by atoms with Crippen molar-refractivity contribution in [3.8, 4) is 0 Å². The highest BCUT2D eigenvalue weighted by Gasteiger charge is 2.44. The van der Waals surface area contributed by atoms with Gasteiger partial charge in [0, 0.05) is 19.0 Å². The summed E-state index contributed by atoms with van der Waals surface area (Å²) in [6.07, 6.45) is 3.04. The number of aromatic nitrogens is 2. The van der Waals surface area contributed by atoms with Crippen molar-refractivity contribution in [2.75, 3.05) is 18.1 Å². The van der Waals surface area contributed by atoms with Crippen molar-refractivity contribution in [1.82, 2.24) is 9.66 Å². The van der Waals surface area contributed by atoms with Gasteiger partial charge in [-0.1, -0.05) is 25.0 Å². The molecule has 26 heavy (non-hydrogen) atoms. The topological polar surface area (TPSA) is 98.6 Å². The molecule has 2 aromatic rings. The van der Waals surface area contributed by atoms with Crippen LogP contribution in [0.2, 0.25) is 0 Å². The van der Waals surface area contributed by atoms with E-state index in [4.69, 9.17) is 0 Å². The second-order valence-corrected chi connectivity index (χ2v) is 7.76. The second kappa shape index (κ2) is 6.25. The molecule has 4 rings (SSSR count). The summed E-state index contributed by atoms with van der Waals surface area (Å²) in [6.45, 7) is 2.94. The van der Waals surface area contributed by atoms with E-state index in [9.17, 15) is 19.8 Å². The first-order valence-electron chi connectivity index (χ1n) is 9.31. The van der Waals surface area contributed by atoms with E-state index < -0.39 is 17.4 Å². The van der Waals surface area contributed by atoms with Crippen LogP contribution in [0.15, 0.2) is 27.8 Å². The van der Waals surface area contributed by atoms with Crippen LogP contribution in [0, 0.1) is 12.8 Å². The molecule has 2 heterocycles. The molecule has 0 amide bonds. The van der Waals surface area contributed by atoms with Gasteiger partial charge in [0.15, 0.2) is 0 Å². The number of para-hydroxylation sites is 1. The number of aliphatic hydroxyl groups is 2. The predicted molar refractivity (Wildman–Crippen MR) is 99.0 cm³/mol. The van der Waals surface area contributed by atoms with E-state index in [0.29, 0.717) is 43.3 Å². The van der Waals surface area contributed by atoms with Gasteiger partial charge in [0.05, 0.1) is 22.6 Å². The van der Waals surface area contributed by atoms with E-state index in [-0.39, 0.29) is 11.5 Å². The van der Waals surface area contributed by atoms with Crippen LogP contribution in [0.5, 0.6) is 0 Å². The Morgan fingerprint density at radius 3 is 2.73 bits per heavy atom. The van der Waals surface area contributed by atoms with Gasteiger partial charge in [-0.25, -0.2) is 9.47 Å². The van der Waals surface area contributed by atoms with Crippen LogP contribution >= 0.6 is 0 Å². The Hall–Kier alpha value is -2.12. The summed E-state index contributed by atoms with van der Waals surface area (Å²) in [7, 11) is 0. The summed E-state index contributed by atoms with van der Waals surface area (Å²) in [5.74, 6) is -0.101. The molecule has 0 radical (unpaired) electrons. The van der Waals surface area contributed by atoms with Gasteiger partial charge in [-0.2, -0.15) is 0 Å². The highest BCUT2D eigenvalue weighted by Crippen LogP contribution is 2.37. The summed E-state index contributed by atoms with van der Waals surface area (Å²) in [5, 5.41) is 23.8. The Balaban J connectivity index is 1.70. The van der Waals surface area contributed by atoms with E-state index in [2.05, 4.69) is 4.98 Å². The fourth-order valence-electron chi connectivity index (χ4n) is 4.64. The van der Waals surface area contributed by atoms with Gasteiger partial charge in [-0.05, 0) is 37.8 Å². The minimum absolute atomic E-state index is 0.101. The lowest BCUT2D eigenvalue weighted by Gasteiger charge is -2.33. The van der Waals surface area contributed by atoms with Crippen molar-refractivity contribution in [2.24, 2.45) is 5.92 Å². The zero-order valence-corrected chi connectivity index (χ0v) is 14.9. The molecular formula is C19H25N3O4. The number of hydrogen-bond acceptors (Lipinski definition) is 5. The molecule has 3 N–H and O–H groups in total. The molecule has 0 bridgehead atoms. The van der Waals surface area contributed by atoms with Crippen molar-refractivity contribution in [1.29, 1.82) is 0 Å². The van der Waals surface area contributed by atoms with Crippen LogP contribution in [0.3, 0.4) is 0 Å². The van der Waals surface area contributed by atoms with Gasteiger partial charge in [-0.3, -0.25) is 9.78 Å². The molecule has 2 atom stereocenters. The van der Waals surface area contributed by atoms with Crippen molar-refractivity contribution < 1.29 is 10.2 Å². The molecule has 0 spiro atoms. The van der Waals surface area contributed by atoms with Crippen LogP contribution in [-0.4, -0.2) is 44.7 Å². The molecule has 2 aliphatic rings. The molecule has 1 saturated heterocycles. The average Bonchev–Trinajstić information content (AvgIpc) is 3.25. The van der Waals surface area contributed by atoms with Gasteiger partial charge in [0.1, 0.15) is 0 Å². The number of benzene rings is 1. The standard InChI is InChI=1S/C19H25N3O4/c1-12-5-4-6-14-15(12)22(18(25)20-17(14)24)21-10-7-13(11-21)16(23)19(26)8-2-3-9-19/h4-6,13,16,23,26H,2-3,7-11H2,1H3,(H,20,24,25). The molecule has 1 aromatic heterocycles. The summed E-state index contributed by atoms with van der Waals surface area (Å²) in [4.78, 5) is 27.1. The number of aryl methyl sites for hydroxylation is 1. The number of hydrogen-bond donors (Lipinski definition) is 3. The lowest BCUT2D eigenvalue weighted by molar-refractivity contribution is -0.0923. The van der Waals surface area contributed by atoms with Crippen LogP contribution < -0.4 is 16.3 Å². The number of H-pyrrole nitrogens is 1. The number of fused-ring (bicyclic) bond motifs is 1. The Kier molecular flexibility index (Phi) is 4.16. The maximum atomic E-state index is 12.5. The summed E-state index contributed by atoms with van der Waals surface area (Å²) in [5.41, 5.74) is -0.401. The fourth-order valence-corrected chi connectivity index (χ4v) is 4.64. The maximum Gasteiger partial charge on any atom is 0.347 e. The first kappa shape index (κ1) is 17.3. The van der Waals surface area contributed by atoms with Gasteiger partial charge in [-0.15, -0.1) is 0 Å². The van der Waals surface area contributed by atoms with Crippen LogP contribution in [0.4, 0.5) is 0 Å². The van der Waals surface area contributed by atoms with Crippen LogP contribution in [0.1, 0.15) is 37.7 Å². The van der Waals surface area contributed by atoms with Crippen molar-refractivity contribution in [2.45, 2.75) is 50.7 Å². The number of aliphatic hydroxyl groups excluding tert-OH is 1. The molecular weight excluding hydrogens is 334 g/mol. The second-order valence-electron chi connectivity index (χ2n) is 7.76. The summed E-state index contributed by atoms with van der Waals surface area (Å²) >= 11 is 0. The van der Waals surface area contributed by atoms with Crippen LogP contribution in [0.25, 0.3) is 10.9 Å². The third-order valence-corrected chi connectivity index (χ3v) is 6.06. The third-order valence-electron chi connectivity index (χ3n) is 6.06. The Morgan fingerprint density at radius 1 is 1.27 bits per heavy atom. The van der Waals surface area contributed by atoms with Crippen LogP contribution in [-0.2, 0) is 0 Å². The van der Waals surface area contributed by atoms with Gasteiger partial charge >= 0.3 is 5.69 Å². The minimum Gasteiger partial charge on any atom is -0.390 e. The molecule has 1 aliphatic carbocycles. The monoisotopic (exact) mass is 359 g/mol. The molecule has 140 valence electrons. The van der Waals surface area contributed by atoms with E-state index >= 15 is 0 Å². The van der Waals surface area contributed by atoms with Crippen molar-refractivity contribution in [3.05, 3.63) is 44.6 Å². The molecule has 1 aromatic carbocycles. The number of nitrogens with zero attached hydrogens (tertiary/aromatic N) is 2. The minimum atomic E-state index is -1.01. The lowest BCUT2D eigenvalue weighted by atomic mass is 9.85. The largest absolute Gasteiger partial charge is 0.390 e. The lowest BCUT2D eigenvalue weighted by Crippen LogP contribution is -2.48. The SMILES string of the molecule is Cc1cccc2c(=O)[nH]c(=O)n(N3CCC(C(O)C4(O)CCCC4)C3)c12. The van der Waals surface area contributed by atoms with E-state index in [1.165, 1.54) is 4.68 Å². The maximum absolute atomic E-state index is 12.5. The zero-order valence-electron chi connectivity index (χ0n) is 14.9. The average molecular weight is 359 g/mol. The van der Waals surface area contributed by atoms with Gasteiger partial charge in [0.2, 0.25) is 0 Å². The predicted octanol–water partition coefficient (Wildman–Crippen LogP) is 0.622. The van der Waals surface area contributed by atoms with Crippen molar-refractivity contribution >= 4 is 10.9 Å². The number of aromatic amines is 1. The van der Waals surface area contributed by atoms with Gasteiger partial charge in [0.25, 0.3) is 5.56 Å². The number of nitrogens with one attached hydrogen (secondary N) is 1. The molecule has 2 unspecified atom stereocenters. The normalized spacial score (nSPS) is 23.7. The van der Waals surface area contributed by atoms with Crippen molar-refractivity contribution in [3.63, 3.8) is 0 Å². The molecule has 1 saturated carbocycles. The smallest absolute Gasteiger partial charge is 0.347 e. The third kappa shape index (κ3) is 2.66. The highest BCUT2D eigenvalue weighted by atomic mass is 16.3. The highest BCUT2D eigenvalue weighted by molar-refractivity contribution is 5.81. The summed E-state index contributed by atoms with van der Waals surface area (Å²) < 4.78 is 1.53. The Labute approximate surface area is 150 Å². The van der Waals surface area contributed by atoms with E-state index in [1.807, 2.05) is 18.0 Å². The molecule has 7 heteroatoms.